The number of carbonyl (C=O) groups is 1. The van der Waals surface area contributed by atoms with Crippen molar-refractivity contribution in [3.05, 3.63) is 29.8 Å². The predicted octanol–water partition coefficient (Wildman–Crippen LogP) is 4.52. The van der Waals surface area contributed by atoms with Gasteiger partial charge in [-0.2, -0.15) is 0 Å². The van der Waals surface area contributed by atoms with Gasteiger partial charge >= 0.3 is 0 Å². The number of methoxy groups -OCH3 is 1. The summed E-state index contributed by atoms with van der Waals surface area (Å²) in [6.07, 6.45) is 12.0. The number of amides is 1. The van der Waals surface area contributed by atoms with Gasteiger partial charge in [0.1, 0.15) is 5.75 Å². The molecule has 1 aromatic carbocycles. The van der Waals surface area contributed by atoms with Crippen LogP contribution in [-0.2, 0) is 11.2 Å². The highest BCUT2D eigenvalue weighted by molar-refractivity contribution is 5.76. The van der Waals surface area contributed by atoms with Gasteiger partial charge in [0.25, 0.3) is 0 Å². The fourth-order valence-corrected chi connectivity index (χ4v) is 3.67. The number of nitrogens with zero attached hydrogens (tertiary/aromatic N) is 2. The summed E-state index contributed by atoms with van der Waals surface area (Å²) >= 11 is 0. The van der Waals surface area contributed by atoms with Crippen molar-refractivity contribution >= 4 is 5.91 Å². The number of aryl methyl sites for hydroxylation is 1. The smallest absolute Gasteiger partial charge is 0.222 e. The summed E-state index contributed by atoms with van der Waals surface area (Å²) in [6, 6.07) is 8.43. The molecule has 0 atom stereocenters. The standard InChI is InChI=1S/C23H38N2O2/c1-24-17-19-25(20-18-24)23(26)12-10-8-6-4-3-5-7-9-11-21-13-15-22(27-2)16-14-21/h13-16H,3-12,17-20H2,1-2H3. The Balaban J connectivity index is 1.38. The first-order valence-corrected chi connectivity index (χ1v) is 10.8. The SMILES string of the molecule is COc1ccc(CCCCCCCCCCC(=O)N2CCN(C)CC2)cc1. The van der Waals surface area contributed by atoms with Gasteiger partial charge in [-0.25, -0.2) is 0 Å². The molecule has 1 amide bonds. The lowest BCUT2D eigenvalue weighted by atomic mass is 10.0. The summed E-state index contributed by atoms with van der Waals surface area (Å²) < 4.78 is 5.19. The summed E-state index contributed by atoms with van der Waals surface area (Å²) in [5.41, 5.74) is 1.40. The van der Waals surface area contributed by atoms with E-state index in [1.807, 2.05) is 17.0 Å². The van der Waals surface area contributed by atoms with Crippen LogP contribution in [0.4, 0.5) is 0 Å². The van der Waals surface area contributed by atoms with E-state index in [0.29, 0.717) is 5.91 Å². The van der Waals surface area contributed by atoms with Crippen molar-refractivity contribution in [1.29, 1.82) is 0 Å². The van der Waals surface area contributed by atoms with E-state index in [0.717, 1.165) is 44.8 Å². The number of hydrogen-bond acceptors (Lipinski definition) is 3. The minimum absolute atomic E-state index is 0.363. The molecule has 0 N–H and O–H groups in total. The maximum atomic E-state index is 12.2. The van der Waals surface area contributed by atoms with Crippen LogP contribution in [0.15, 0.2) is 24.3 Å². The summed E-state index contributed by atoms with van der Waals surface area (Å²) in [5.74, 6) is 1.30. The molecule has 0 aliphatic carbocycles. The van der Waals surface area contributed by atoms with E-state index in [4.69, 9.17) is 4.74 Å². The van der Waals surface area contributed by atoms with E-state index in [1.54, 1.807) is 7.11 Å². The Morgan fingerprint density at radius 1 is 0.852 bits per heavy atom. The van der Waals surface area contributed by atoms with Gasteiger partial charge in [0.05, 0.1) is 7.11 Å². The van der Waals surface area contributed by atoms with Crippen molar-refractivity contribution in [3.63, 3.8) is 0 Å². The van der Waals surface area contributed by atoms with E-state index in [1.165, 1.54) is 56.9 Å². The first-order chi connectivity index (χ1) is 13.2. The first-order valence-electron chi connectivity index (χ1n) is 10.8. The monoisotopic (exact) mass is 374 g/mol. The molecule has 27 heavy (non-hydrogen) atoms. The number of unbranched alkanes of at least 4 members (excludes halogenated alkanes) is 7. The third-order valence-electron chi connectivity index (χ3n) is 5.62. The number of hydrogen-bond donors (Lipinski definition) is 0. The molecule has 0 radical (unpaired) electrons. The molecule has 0 unspecified atom stereocenters. The highest BCUT2D eigenvalue weighted by Crippen LogP contribution is 2.15. The molecule has 4 heteroatoms. The second-order valence-corrected chi connectivity index (χ2v) is 7.86. The van der Waals surface area contributed by atoms with Gasteiger partial charge in [-0.3, -0.25) is 4.79 Å². The molecule has 1 aromatic rings. The number of rotatable bonds is 12. The Hall–Kier alpha value is -1.55. The van der Waals surface area contributed by atoms with E-state index in [9.17, 15) is 4.79 Å². The maximum absolute atomic E-state index is 12.2. The number of ether oxygens (including phenoxy) is 1. The van der Waals surface area contributed by atoms with Crippen molar-refractivity contribution in [1.82, 2.24) is 9.80 Å². The minimum atomic E-state index is 0.363. The van der Waals surface area contributed by atoms with Crippen LogP contribution in [0.1, 0.15) is 63.4 Å². The summed E-state index contributed by atoms with van der Waals surface area (Å²) in [7, 11) is 3.83. The van der Waals surface area contributed by atoms with E-state index >= 15 is 0 Å². The Morgan fingerprint density at radius 3 is 2.00 bits per heavy atom. The Morgan fingerprint density at radius 2 is 1.41 bits per heavy atom. The van der Waals surface area contributed by atoms with Gasteiger partial charge in [-0.1, -0.05) is 50.7 Å². The molecule has 0 spiro atoms. The van der Waals surface area contributed by atoms with Gasteiger partial charge in [0, 0.05) is 32.6 Å². The quantitative estimate of drug-likeness (QED) is 0.504. The highest BCUT2D eigenvalue weighted by Gasteiger charge is 2.18. The maximum Gasteiger partial charge on any atom is 0.222 e. The second kappa shape index (κ2) is 12.8. The van der Waals surface area contributed by atoms with Crippen LogP contribution in [0.25, 0.3) is 0 Å². The largest absolute Gasteiger partial charge is 0.497 e. The average molecular weight is 375 g/mol. The normalized spacial score (nSPS) is 15.1. The summed E-state index contributed by atoms with van der Waals surface area (Å²) in [4.78, 5) is 16.5. The molecule has 0 saturated carbocycles. The second-order valence-electron chi connectivity index (χ2n) is 7.86. The topological polar surface area (TPSA) is 32.8 Å². The highest BCUT2D eigenvalue weighted by atomic mass is 16.5. The van der Waals surface area contributed by atoms with Crippen LogP contribution in [0.3, 0.4) is 0 Å². The Kier molecular flexibility index (Phi) is 10.3. The summed E-state index contributed by atoms with van der Waals surface area (Å²) in [5, 5.41) is 0. The number of benzene rings is 1. The average Bonchev–Trinajstić information content (AvgIpc) is 2.70. The molecule has 1 fully saturated rings. The third kappa shape index (κ3) is 8.79. The lowest BCUT2D eigenvalue weighted by molar-refractivity contribution is -0.132. The number of likely N-dealkylation sites (N-methyl/N-ethyl adjacent to an activating group) is 1. The van der Waals surface area contributed by atoms with Crippen molar-refractivity contribution in [2.24, 2.45) is 0 Å². The van der Waals surface area contributed by atoms with E-state index in [2.05, 4.69) is 24.1 Å². The molecule has 4 nitrogen and oxygen atoms in total. The van der Waals surface area contributed by atoms with Crippen molar-refractivity contribution in [2.45, 2.75) is 64.2 Å². The van der Waals surface area contributed by atoms with Gasteiger partial charge in [-0.05, 0) is 44.0 Å². The fraction of sp³-hybridized carbons (Fsp3) is 0.696. The van der Waals surface area contributed by atoms with Crippen LogP contribution in [0.2, 0.25) is 0 Å². The van der Waals surface area contributed by atoms with E-state index in [-0.39, 0.29) is 0 Å². The van der Waals surface area contributed by atoms with Crippen LogP contribution in [0.5, 0.6) is 5.75 Å². The van der Waals surface area contributed by atoms with Gasteiger partial charge in [-0.15, -0.1) is 0 Å². The van der Waals surface area contributed by atoms with Crippen molar-refractivity contribution in [2.75, 3.05) is 40.3 Å². The lowest BCUT2D eigenvalue weighted by Gasteiger charge is -2.32. The van der Waals surface area contributed by atoms with Gasteiger partial charge in [0.15, 0.2) is 0 Å². The molecule has 2 rings (SSSR count). The molecule has 0 aromatic heterocycles. The minimum Gasteiger partial charge on any atom is -0.497 e. The van der Waals surface area contributed by atoms with E-state index < -0.39 is 0 Å². The van der Waals surface area contributed by atoms with Crippen molar-refractivity contribution in [3.8, 4) is 5.75 Å². The third-order valence-corrected chi connectivity index (χ3v) is 5.62. The molecule has 1 saturated heterocycles. The predicted molar refractivity (Wildman–Crippen MR) is 112 cm³/mol. The molecule has 1 aliphatic rings. The molecular weight excluding hydrogens is 336 g/mol. The zero-order valence-corrected chi connectivity index (χ0v) is 17.4. The van der Waals surface area contributed by atoms with Crippen LogP contribution in [0, 0.1) is 0 Å². The molecule has 152 valence electrons. The number of carbonyl (C=O) groups excluding carboxylic acids is 1. The number of piperazine rings is 1. The molecule has 1 aliphatic heterocycles. The molecular formula is C23H38N2O2. The van der Waals surface area contributed by atoms with Crippen LogP contribution < -0.4 is 4.74 Å². The fourth-order valence-electron chi connectivity index (χ4n) is 3.67. The first kappa shape index (κ1) is 21.7. The molecule has 1 heterocycles. The van der Waals surface area contributed by atoms with Crippen LogP contribution >= 0.6 is 0 Å². The summed E-state index contributed by atoms with van der Waals surface area (Å²) in [6.45, 7) is 3.85. The zero-order valence-electron chi connectivity index (χ0n) is 17.4. The van der Waals surface area contributed by atoms with Gasteiger partial charge < -0.3 is 14.5 Å². The van der Waals surface area contributed by atoms with Crippen molar-refractivity contribution < 1.29 is 9.53 Å². The zero-order chi connectivity index (χ0) is 19.3. The lowest BCUT2D eigenvalue weighted by Crippen LogP contribution is -2.47. The Bertz CT molecular complexity index is 522. The van der Waals surface area contributed by atoms with Gasteiger partial charge in [0.2, 0.25) is 5.91 Å². The molecule has 0 bridgehead atoms. The Labute approximate surface area is 165 Å². The van der Waals surface area contributed by atoms with Crippen LogP contribution in [-0.4, -0.2) is 56.0 Å².